The molecule has 190 valence electrons. The summed E-state index contributed by atoms with van der Waals surface area (Å²) in [6.45, 7) is 10.9. The van der Waals surface area contributed by atoms with Crippen LogP contribution in [-0.4, -0.2) is 41.9 Å². The summed E-state index contributed by atoms with van der Waals surface area (Å²) in [7, 11) is 6.00. The second-order valence-corrected chi connectivity index (χ2v) is 9.88. The van der Waals surface area contributed by atoms with Crippen LogP contribution in [0.1, 0.15) is 78.8 Å². The predicted molar refractivity (Wildman–Crippen MR) is 150 cm³/mol. The van der Waals surface area contributed by atoms with Crippen LogP contribution in [0, 0.1) is 5.92 Å². The van der Waals surface area contributed by atoms with Crippen molar-refractivity contribution in [1.29, 1.82) is 0 Å². The van der Waals surface area contributed by atoms with Crippen molar-refractivity contribution < 1.29 is 4.79 Å². The summed E-state index contributed by atoms with van der Waals surface area (Å²) in [5.74, 6) is 0.836. The molecule has 0 bridgehead atoms. The van der Waals surface area contributed by atoms with Crippen LogP contribution in [0.25, 0.3) is 16.3 Å². The van der Waals surface area contributed by atoms with Gasteiger partial charge in [0.05, 0.1) is 5.69 Å². The van der Waals surface area contributed by atoms with E-state index in [2.05, 4.69) is 63.1 Å². The van der Waals surface area contributed by atoms with Gasteiger partial charge >= 0.3 is 0 Å². The third kappa shape index (κ3) is 9.06. The third-order valence-electron chi connectivity index (χ3n) is 6.06. The van der Waals surface area contributed by atoms with Gasteiger partial charge in [0.15, 0.2) is 0 Å². The third-order valence-corrected chi connectivity index (χ3v) is 6.06. The molecule has 0 atom stereocenters. The molecule has 2 aromatic rings. The number of carbonyl (C=O) groups excluding carboxylic acids is 1. The largest absolute Gasteiger partial charge is 0.312 e. The second kappa shape index (κ2) is 13.9. The number of fused-ring (bicyclic) bond motifs is 1. The Balaban J connectivity index is 0.00000100. The van der Waals surface area contributed by atoms with Crippen LogP contribution in [-0.2, 0) is 4.79 Å². The number of rotatable bonds is 9. The number of allylic oxidation sites excluding steroid dienone is 6. The summed E-state index contributed by atoms with van der Waals surface area (Å²) in [4.78, 5) is 23.2. The summed E-state index contributed by atoms with van der Waals surface area (Å²) in [6.07, 6.45) is 14.7. The number of aromatic nitrogens is 2. The van der Waals surface area contributed by atoms with Crippen LogP contribution < -0.4 is 5.32 Å². The van der Waals surface area contributed by atoms with E-state index in [4.69, 9.17) is 4.98 Å². The Morgan fingerprint density at radius 1 is 1.09 bits per heavy atom. The van der Waals surface area contributed by atoms with Crippen LogP contribution >= 0.6 is 0 Å². The van der Waals surface area contributed by atoms with Crippen LogP contribution in [0.2, 0.25) is 0 Å². The molecular weight excluding hydrogens is 432 g/mol. The van der Waals surface area contributed by atoms with E-state index in [1.165, 1.54) is 29.6 Å². The maximum absolute atomic E-state index is 12.0. The lowest BCUT2D eigenvalue weighted by molar-refractivity contribution is -0.117. The molecule has 1 aliphatic carbocycles. The highest BCUT2D eigenvalue weighted by Gasteiger charge is 2.29. The number of hydrogen-bond acceptors (Lipinski definition) is 4. The zero-order chi connectivity index (χ0) is 26.0. The Morgan fingerprint density at radius 2 is 1.71 bits per heavy atom. The molecule has 3 rings (SSSR count). The van der Waals surface area contributed by atoms with E-state index in [0.29, 0.717) is 5.82 Å². The van der Waals surface area contributed by atoms with Gasteiger partial charge < -0.3 is 10.2 Å². The Labute approximate surface area is 212 Å². The van der Waals surface area contributed by atoms with Crippen LogP contribution in [0.15, 0.2) is 53.4 Å². The first-order valence-corrected chi connectivity index (χ1v) is 12.9. The van der Waals surface area contributed by atoms with E-state index in [1.54, 1.807) is 0 Å². The Kier molecular flexibility index (Phi) is 11.3. The Morgan fingerprint density at radius 3 is 2.29 bits per heavy atom. The molecule has 2 heterocycles. The van der Waals surface area contributed by atoms with Gasteiger partial charge in [-0.15, -0.1) is 0 Å². The van der Waals surface area contributed by atoms with Gasteiger partial charge in [-0.3, -0.25) is 9.78 Å². The molecular formula is C30H44N4O. The minimum absolute atomic E-state index is 0.0719. The summed E-state index contributed by atoms with van der Waals surface area (Å²) in [5, 5.41) is 4.91. The van der Waals surface area contributed by atoms with Gasteiger partial charge in [0.25, 0.3) is 0 Å². The van der Waals surface area contributed by atoms with Gasteiger partial charge in [0.1, 0.15) is 5.82 Å². The molecule has 5 nitrogen and oxygen atoms in total. The molecule has 1 amide bonds. The SMILES string of the molecule is CN(C)C.C\C=C(/C(C)=C\C(CCCC)=C(/C)CC)c1cc2cnc(NC(=O)C3CC3)cc2cn1. The zero-order valence-corrected chi connectivity index (χ0v) is 23.0. The van der Waals surface area contributed by atoms with Gasteiger partial charge in [-0.1, -0.05) is 38.0 Å². The number of hydrogen-bond donors (Lipinski definition) is 1. The van der Waals surface area contributed by atoms with Crippen molar-refractivity contribution in [2.45, 2.75) is 73.1 Å². The molecule has 5 heteroatoms. The fourth-order valence-electron chi connectivity index (χ4n) is 3.75. The zero-order valence-electron chi connectivity index (χ0n) is 23.0. The van der Waals surface area contributed by atoms with Crippen molar-refractivity contribution in [2.24, 2.45) is 5.92 Å². The molecule has 0 unspecified atom stereocenters. The minimum Gasteiger partial charge on any atom is -0.312 e. The number of nitrogens with one attached hydrogen (secondary N) is 1. The first kappa shape index (κ1) is 28.4. The summed E-state index contributed by atoms with van der Waals surface area (Å²) in [5.41, 5.74) is 6.23. The smallest absolute Gasteiger partial charge is 0.228 e. The normalized spacial score (nSPS) is 15.0. The Bertz CT molecular complexity index is 1090. The summed E-state index contributed by atoms with van der Waals surface area (Å²) >= 11 is 0. The van der Waals surface area contributed by atoms with E-state index in [9.17, 15) is 4.79 Å². The average molecular weight is 477 g/mol. The van der Waals surface area contributed by atoms with Gasteiger partial charge in [-0.05, 0) is 103 Å². The van der Waals surface area contributed by atoms with Crippen LogP contribution in [0.5, 0.6) is 0 Å². The van der Waals surface area contributed by atoms with Crippen molar-refractivity contribution in [2.75, 3.05) is 26.5 Å². The summed E-state index contributed by atoms with van der Waals surface area (Å²) in [6, 6.07) is 3.99. The average Bonchev–Trinajstić information content (AvgIpc) is 3.67. The van der Waals surface area contributed by atoms with Gasteiger partial charge in [0.2, 0.25) is 5.91 Å². The molecule has 1 fully saturated rings. The monoisotopic (exact) mass is 476 g/mol. The lowest BCUT2D eigenvalue weighted by Crippen LogP contribution is -2.14. The van der Waals surface area contributed by atoms with Crippen molar-refractivity contribution in [3.8, 4) is 0 Å². The van der Waals surface area contributed by atoms with E-state index in [1.807, 2.05) is 44.5 Å². The van der Waals surface area contributed by atoms with E-state index >= 15 is 0 Å². The predicted octanol–water partition coefficient (Wildman–Crippen LogP) is 7.42. The Hall–Kier alpha value is -2.79. The standard InChI is InChI=1S/C27H35N3O.C3H9N/c1-6-9-10-21(18(4)7-2)13-19(5)24(8-3)25-14-22-17-29-26(15-23(22)16-28-25)30-27(31)20-11-12-20;1-4(2)3/h8,13-17,20H,6-7,9-12H2,1-5H3,(H,29,30,31);1-3H3/b19-13-,21-18+,24-8+;. The van der Waals surface area contributed by atoms with E-state index in [-0.39, 0.29) is 11.8 Å². The maximum atomic E-state index is 12.0. The molecule has 0 saturated heterocycles. The second-order valence-electron chi connectivity index (χ2n) is 9.88. The van der Waals surface area contributed by atoms with Gasteiger partial charge in [-0.2, -0.15) is 0 Å². The first-order valence-electron chi connectivity index (χ1n) is 12.9. The van der Waals surface area contributed by atoms with Gasteiger partial charge in [-0.25, -0.2) is 4.98 Å². The maximum Gasteiger partial charge on any atom is 0.228 e. The molecule has 0 aromatic carbocycles. The molecule has 0 spiro atoms. The number of anilines is 1. The molecule has 2 aromatic heterocycles. The highest BCUT2D eigenvalue weighted by molar-refractivity contribution is 5.95. The van der Waals surface area contributed by atoms with Crippen molar-refractivity contribution in [3.05, 3.63) is 59.1 Å². The van der Waals surface area contributed by atoms with Crippen LogP contribution in [0.4, 0.5) is 5.82 Å². The molecule has 0 radical (unpaired) electrons. The van der Waals surface area contributed by atoms with Gasteiger partial charge in [0, 0.05) is 29.1 Å². The molecule has 35 heavy (non-hydrogen) atoms. The quantitative estimate of drug-likeness (QED) is 0.383. The van der Waals surface area contributed by atoms with Crippen molar-refractivity contribution >= 4 is 28.1 Å². The number of unbranched alkanes of at least 4 members (excludes halogenated alkanes) is 1. The molecule has 1 saturated carbocycles. The van der Waals surface area contributed by atoms with E-state index in [0.717, 1.165) is 47.7 Å². The highest BCUT2D eigenvalue weighted by Crippen LogP contribution is 2.31. The lowest BCUT2D eigenvalue weighted by atomic mass is 9.95. The topological polar surface area (TPSA) is 58.1 Å². The number of amides is 1. The fraction of sp³-hybridized carbons (Fsp3) is 0.500. The van der Waals surface area contributed by atoms with E-state index < -0.39 is 0 Å². The molecule has 1 aliphatic rings. The lowest BCUT2D eigenvalue weighted by Gasteiger charge is -2.12. The number of nitrogens with zero attached hydrogens (tertiary/aromatic N) is 3. The van der Waals surface area contributed by atoms with Crippen molar-refractivity contribution in [3.63, 3.8) is 0 Å². The van der Waals surface area contributed by atoms with Crippen molar-refractivity contribution in [1.82, 2.24) is 14.9 Å². The molecule has 1 N–H and O–H groups in total. The highest BCUT2D eigenvalue weighted by atomic mass is 16.2. The van der Waals surface area contributed by atoms with Crippen LogP contribution in [0.3, 0.4) is 0 Å². The first-order chi connectivity index (χ1) is 16.7. The minimum atomic E-state index is 0.0719. The molecule has 0 aliphatic heterocycles. The number of pyridine rings is 2. The fourth-order valence-corrected chi connectivity index (χ4v) is 3.75. The summed E-state index contributed by atoms with van der Waals surface area (Å²) < 4.78 is 0. The number of carbonyl (C=O) groups is 1.